The van der Waals surface area contributed by atoms with E-state index in [-0.39, 0.29) is 10.3 Å². The molecule has 4 nitrogen and oxygen atoms in total. The second kappa shape index (κ2) is 4.44. The van der Waals surface area contributed by atoms with Crippen LogP contribution in [-0.2, 0) is 0 Å². The topological polar surface area (TPSA) is 64.9 Å². The Kier molecular flexibility index (Phi) is 2.76. The molecule has 0 saturated heterocycles. The van der Waals surface area contributed by atoms with Crippen molar-refractivity contribution in [2.75, 3.05) is 0 Å². The van der Waals surface area contributed by atoms with Gasteiger partial charge >= 0.3 is 0 Å². The summed E-state index contributed by atoms with van der Waals surface area (Å²) in [5, 5.41) is 23.0. The number of aromatic amines is 1. The van der Waals surface area contributed by atoms with Crippen LogP contribution >= 0.6 is 11.3 Å². The molecule has 0 aliphatic heterocycles. The van der Waals surface area contributed by atoms with Crippen molar-refractivity contribution >= 4 is 21.4 Å². The van der Waals surface area contributed by atoms with Crippen LogP contribution in [-0.4, -0.2) is 4.98 Å². The van der Waals surface area contributed by atoms with Crippen LogP contribution in [0.1, 0.15) is 4.88 Å². The van der Waals surface area contributed by atoms with Gasteiger partial charge in [-0.25, -0.2) is 0 Å². The second-order valence-electron chi connectivity index (χ2n) is 4.25. The van der Waals surface area contributed by atoms with E-state index in [1.807, 2.05) is 25.1 Å². The molecule has 19 heavy (non-hydrogen) atoms. The Balaban J connectivity index is 2.33. The van der Waals surface area contributed by atoms with Crippen molar-refractivity contribution in [1.82, 2.24) is 9.89 Å². The summed E-state index contributed by atoms with van der Waals surface area (Å²) < 4.78 is 1.19. The molecule has 3 aromatic rings. The predicted octanol–water partition coefficient (Wildman–Crippen LogP) is 2.97. The maximum atomic E-state index is 10.9. The van der Waals surface area contributed by atoms with Gasteiger partial charge in [-0.3, -0.25) is 0 Å². The number of nitrogens with zero attached hydrogens (tertiary/aromatic N) is 1. The molecule has 1 N–H and O–H groups in total. The molecule has 5 heteroatoms. The zero-order chi connectivity index (χ0) is 13.4. The summed E-state index contributed by atoms with van der Waals surface area (Å²) >= 11 is 1.70. The smallest absolute Gasteiger partial charge is 0.226 e. The Bertz CT molecular complexity index is 813. The van der Waals surface area contributed by atoms with Crippen LogP contribution in [0.5, 0.6) is 0 Å². The summed E-state index contributed by atoms with van der Waals surface area (Å²) in [7, 11) is 0. The number of rotatable bonds is 1. The van der Waals surface area contributed by atoms with Gasteiger partial charge in [-0.1, -0.05) is 18.2 Å². The Morgan fingerprint density at radius 2 is 1.95 bits per heavy atom. The van der Waals surface area contributed by atoms with Crippen molar-refractivity contribution in [3.05, 3.63) is 63.2 Å². The van der Waals surface area contributed by atoms with E-state index in [1.54, 1.807) is 23.6 Å². The first-order chi connectivity index (χ1) is 9.16. The number of thiophene rings is 1. The average Bonchev–Trinajstić information content (AvgIpc) is 2.74. The molecule has 1 aromatic carbocycles. The molecular formula is C14H11N2O2S-. The van der Waals surface area contributed by atoms with E-state index in [4.69, 9.17) is 0 Å². The molecule has 0 fully saturated rings. The van der Waals surface area contributed by atoms with Crippen molar-refractivity contribution in [3.63, 3.8) is 0 Å². The van der Waals surface area contributed by atoms with Gasteiger partial charge in [-0.2, -0.15) is 4.90 Å². The van der Waals surface area contributed by atoms with Crippen molar-refractivity contribution in [3.8, 4) is 11.3 Å². The molecule has 0 aliphatic rings. The average molecular weight is 271 g/mol. The molecular weight excluding hydrogens is 260 g/mol. The first-order valence-electron chi connectivity index (χ1n) is 5.81. The third kappa shape index (κ3) is 1.98. The summed E-state index contributed by atoms with van der Waals surface area (Å²) in [5.41, 5.74) is 1.83. The first kappa shape index (κ1) is 11.8. The highest BCUT2D eigenvalue weighted by molar-refractivity contribution is 7.19. The minimum atomic E-state index is -0.374. The van der Waals surface area contributed by atoms with Crippen LogP contribution in [0, 0.1) is 17.3 Å². The highest BCUT2D eigenvalue weighted by atomic mass is 32.1. The number of aryl methyl sites for hydroxylation is 1. The van der Waals surface area contributed by atoms with Gasteiger partial charge in [-0.05, 0) is 13.0 Å². The molecule has 0 atom stereocenters. The van der Waals surface area contributed by atoms with Crippen LogP contribution in [0.25, 0.3) is 21.3 Å². The van der Waals surface area contributed by atoms with E-state index in [9.17, 15) is 10.4 Å². The Labute approximate surface area is 113 Å². The Morgan fingerprint density at radius 1 is 1.16 bits per heavy atom. The molecule has 0 amide bonds. The normalized spacial score (nSPS) is 10.8. The van der Waals surface area contributed by atoms with Gasteiger partial charge in [0.05, 0.1) is 5.69 Å². The zero-order valence-corrected chi connectivity index (χ0v) is 11.0. The van der Waals surface area contributed by atoms with Gasteiger partial charge in [0.1, 0.15) is 0 Å². The molecule has 2 aromatic heterocycles. The fraction of sp³-hybridized carbons (Fsp3) is 0.0714. The lowest BCUT2D eigenvalue weighted by Crippen LogP contribution is -2.18. The SMILES string of the molecule is Cc1sc2ccccc2c1-c1cc(=[N+]([O-])[O-])cc[nH]1. The van der Waals surface area contributed by atoms with Crippen LogP contribution in [0.2, 0.25) is 0 Å². The number of nitrogens with one attached hydrogen (secondary N) is 1. The van der Waals surface area contributed by atoms with Crippen molar-refractivity contribution in [1.29, 1.82) is 0 Å². The summed E-state index contributed by atoms with van der Waals surface area (Å²) in [6.07, 6.45) is 1.61. The number of hydrogen-bond acceptors (Lipinski definition) is 3. The van der Waals surface area contributed by atoms with E-state index in [0.717, 1.165) is 21.5 Å². The lowest BCUT2D eigenvalue weighted by Gasteiger charge is -2.05. The minimum absolute atomic E-state index is 0.100. The fourth-order valence-electron chi connectivity index (χ4n) is 2.21. The van der Waals surface area contributed by atoms with Crippen LogP contribution in [0.15, 0.2) is 42.6 Å². The van der Waals surface area contributed by atoms with Crippen molar-refractivity contribution < 1.29 is 0 Å². The van der Waals surface area contributed by atoms with Gasteiger partial charge in [-0.15, -0.1) is 11.3 Å². The summed E-state index contributed by atoms with van der Waals surface area (Å²) in [6, 6.07) is 11.1. The predicted molar refractivity (Wildman–Crippen MR) is 78.4 cm³/mol. The number of hydrogen-bond donors (Lipinski definition) is 1. The Hall–Kier alpha value is -2.27. The highest BCUT2D eigenvalue weighted by Gasteiger charge is 2.11. The third-order valence-electron chi connectivity index (χ3n) is 3.04. The quantitative estimate of drug-likeness (QED) is 0.691. The number of H-pyrrole nitrogens is 1. The zero-order valence-electron chi connectivity index (χ0n) is 10.2. The van der Waals surface area contributed by atoms with E-state index >= 15 is 0 Å². The Morgan fingerprint density at radius 3 is 2.74 bits per heavy atom. The molecule has 0 aliphatic carbocycles. The summed E-state index contributed by atoms with van der Waals surface area (Å²) in [5.74, 6) is 0. The largest absolute Gasteiger partial charge is 0.612 e. The molecule has 0 bridgehead atoms. The standard InChI is InChI=1S/C14H11N2O2S/c1-9-14(11-4-2-3-5-13(11)19-9)12-8-10(16(17)18)6-7-15-12/h2-8,15H,1H3/q-1. The molecule has 0 spiro atoms. The third-order valence-corrected chi connectivity index (χ3v) is 4.12. The van der Waals surface area contributed by atoms with Crippen LogP contribution < -0.4 is 10.3 Å². The van der Waals surface area contributed by atoms with Crippen molar-refractivity contribution in [2.45, 2.75) is 6.92 Å². The van der Waals surface area contributed by atoms with Gasteiger partial charge < -0.3 is 15.4 Å². The maximum absolute atomic E-state index is 10.9. The van der Waals surface area contributed by atoms with Crippen molar-refractivity contribution in [2.24, 2.45) is 0 Å². The van der Waals surface area contributed by atoms with Gasteiger partial charge in [0.2, 0.25) is 5.36 Å². The first-order valence-corrected chi connectivity index (χ1v) is 6.63. The van der Waals surface area contributed by atoms with E-state index in [1.165, 1.54) is 10.8 Å². The maximum Gasteiger partial charge on any atom is 0.226 e. The number of aromatic nitrogens is 1. The van der Waals surface area contributed by atoms with Crippen LogP contribution in [0.3, 0.4) is 0 Å². The highest BCUT2D eigenvalue weighted by Crippen LogP contribution is 2.36. The summed E-state index contributed by atoms with van der Waals surface area (Å²) in [6.45, 7) is 2.03. The van der Waals surface area contributed by atoms with Crippen LogP contribution in [0.4, 0.5) is 0 Å². The molecule has 0 unspecified atom stereocenters. The molecule has 2 heterocycles. The van der Waals surface area contributed by atoms with Gasteiger partial charge in [0, 0.05) is 38.9 Å². The lowest BCUT2D eigenvalue weighted by molar-refractivity contribution is 0.963. The molecule has 0 saturated carbocycles. The minimum Gasteiger partial charge on any atom is -0.612 e. The van der Waals surface area contributed by atoms with E-state index < -0.39 is 0 Å². The summed E-state index contributed by atoms with van der Waals surface area (Å²) in [4.78, 5) is 3.88. The fourth-order valence-corrected chi connectivity index (χ4v) is 3.29. The number of fused-ring (bicyclic) bond motifs is 1. The van der Waals surface area contributed by atoms with E-state index in [2.05, 4.69) is 11.1 Å². The number of pyridine rings is 1. The monoisotopic (exact) mass is 271 g/mol. The second-order valence-corrected chi connectivity index (χ2v) is 5.50. The molecule has 96 valence electrons. The number of benzene rings is 1. The lowest BCUT2D eigenvalue weighted by atomic mass is 10.1. The molecule has 3 rings (SSSR count). The van der Waals surface area contributed by atoms with Gasteiger partial charge in [0.25, 0.3) is 0 Å². The van der Waals surface area contributed by atoms with Gasteiger partial charge in [0.15, 0.2) is 0 Å². The van der Waals surface area contributed by atoms with E-state index in [0.29, 0.717) is 0 Å². The molecule has 0 radical (unpaired) electrons.